The molecule has 0 aromatic heterocycles. The third-order valence-electron chi connectivity index (χ3n) is 3.52. The van der Waals surface area contributed by atoms with Gasteiger partial charge in [0.25, 0.3) is 5.91 Å². The molecule has 1 aliphatic heterocycles. The molecule has 1 aliphatic rings. The molecule has 0 spiro atoms. The van der Waals surface area contributed by atoms with E-state index in [0.717, 1.165) is 11.3 Å². The van der Waals surface area contributed by atoms with E-state index >= 15 is 0 Å². The first kappa shape index (κ1) is 19.1. The lowest BCUT2D eigenvalue weighted by Gasteiger charge is -2.07. The number of hydrogen-bond acceptors (Lipinski definition) is 5. The number of carbonyl (C=O) groups is 1. The predicted octanol–water partition coefficient (Wildman–Crippen LogP) is 4.31. The van der Waals surface area contributed by atoms with Gasteiger partial charge < -0.3 is 14.2 Å². The number of hydrazone groups is 1. The largest absolute Gasteiger partial charge is 0.482 e. The van der Waals surface area contributed by atoms with Gasteiger partial charge >= 0.3 is 0 Å². The number of rotatable bonds is 6. The molecule has 2 aromatic rings. The third kappa shape index (κ3) is 5.39. The van der Waals surface area contributed by atoms with Gasteiger partial charge in [-0.15, -0.1) is 0 Å². The van der Waals surface area contributed by atoms with Gasteiger partial charge in [0.05, 0.1) is 10.7 Å². The van der Waals surface area contributed by atoms with E-state index in [1.54, 1.807) is 31.2 Å². The Morgan fingerprint density at radius 2 is 2.04 bits per heavy atom. The molecule has 8 heteroatoms. The van der Waals surface area contributed by atoms with E-state index in [2.05, 4.69) is 10.5 Å². The minimum atomic E-state index is -0.406. The first-order chi connectivity index (χ1) is 13.0. The molecule has 0 radical (unpaired) electrons. The van der Waals surface area contributed by atoms with Crippen molar-refractivity contribution in [2.75, 3.05) is 13.4 Å². The van der Waals surface area contributed by atoms with Crippen molar-refractivity contribution in [3.63, 3.8) is 0 Å². The number of amides is 1. The third-order valence-corrected chi connectivity index (χ3v) is 4.05. The Morgan fingerprint density at radius 1 is 1.22 bits per heavy atom. The first-order valence-electron chi connectivity index (χ1n) is 8.00. The molecule has 0 bridgehead atoms. The van der Waals surface area contributed by atoms with Crippen molar-refractivity contribution in [2.24, 2.45) is 5.10 Å². The van der Waals surface area contributed by atoms with E-state index in [1.165, 1.54) is 0 Å². The molecule has 1 amide bonds. The van der Waals surface area contributed by atoms with Crippen LogP contribution >= 0.6 is 23.2 Å². The summed E-state index contributed by atoms with van der Waals surface area (Å²) in [6, 6.07) is 10.4. The second-order valence-electron chi connectivity index (χ2n) is 5.60. The van der Waals surface area contributed by atoms with Gasteiger partial charge in [-0.2, -0.15) is 5.10 Å². The summed E-state index contributed by atoms with van der Waals surface area (Å²) >= 11 is 11.8. The van der Waals surface area contributed by atoms with Crippen molar-refractivity contribution in [3.8, 4) is 17.2 Å². The summed E-state index contributed by atoms with van der Waals surface area (Å²) in [5, 5.41) is 4.83. The molecule has 27 heavy (non-hydrogen) atoms. The molecular weight excluding hydrogens is 391 g/mol. The van der Waals surface area contributed by atoms with Crippen LogP contribution < -0.4 is 19.6 Å². The van der Waals surface area contributed by atoms with Crippen LogP contribution in [0.25, 0.3) is 6.08 Å². The number of allylic oxidation sites excluding steroid dienone is 1. The molecule has 140 valence electrons. The molecular formula is C19H16Cl2N2O4. The summed E-state index contributed by atoms with van der Waals surface area (Å²) in [6.45, 7) is 1.78. The Morgan fingerprint density at radius 3 is 2.85 bits per heavy atom. The smallest absolute Gasteiger partial charge is 0.277 e. The molecule has 3 rings (SSSR count). The average Bonchev–Trinajstić information content (AvgIpc) is 3.11. The fraction of sp³-hybridized carbons (Fsp3) is 0.158. The van der Waals surface area contributed by atoms with Crippen LogP contribution in [0.3, 0.4) is 0 Å². The highest BCUT2D eigenvalue weighted by Crippen LogP contribution is 2.32. The minimum Gasteiger partial charge on any atom is -0.482 e. The first-order valence-corrected chi connectivity index (χ1v) is 8.75. The van der Waals surface area contributed by atoms with Gasteiger partial charge in [0.2, 0.25) is 6.79 Å². The predicted molar refractivity (Wildman–Crippen MR) is 105 cm³/mol. The summed E-state index contributed by atoms with van der Waals surface area (Å²) in [7, 11) is 0. The van der Waals surface area contributed by atoms with E-state index in [4.69, 9.17) is 37.4 Å². The molecule has 0 saturated heterocycles. The number of benzene rings is 2. The highest BCUT2D eigenvalue weighted by Gasteiger charge is 2.12. The molecule has 0 unspecified atom stereocenters. The van der Waals surface area contributed by atoms with Crippen LogP contribution in [0.15, 0.2) is 47.6 Å². The van der Waals surface area contributed by atoms with Gasteiger partial charge in [0, 0.05) is 5.02 Å². The zero-order valence-electron chi connectivity index (χ0n) is 14.4. The highest BCUT2D eigenvalue weighted by atomic mass is 35.5. The zero-order chi connectivity index (χ0) is 19.2. The van der Waals surface area contributed by atoms with E-state index in [1.807, 2.05) is 24.3 Å². The lowest BCUT2D eigenvalue weighted by Crippen LogP contribution is -2.25. The second kappa shape index (κ2) is 8.79. The summed E-state index contributed by atoms with van der Waals surface area (Å²) < 4.78 is 15.9. The standard InChI is InChI=1S/C19H16Cl2N2O4/c1-12(2-3-13-4-6-17-18(8-13)27-11-26-17)22-23-19(24)10-25-16-7-5-14(20)9-15(16)21/h2-9H,10-11H2,1H3,(H,23,24)/b3-2+,22-12+. The van der Waals surface area contributed by atoms with Crippen LogP contribution in [0.1, 0.15) is 12.5 Å². The summed E-state index contributed by atoms with van der Waals surface area (Å²) in [6.07, 6.45) is 3.63. The lowest BCUT2D eigenvalue weighted by atomic mass is 10.2. The number of fused-ring (bicyclic) bond motifs is 1. The fourth-order valence-electron chi connectivity index (χ4n) is 2.19. The van der Waals surface area contributed by atoms with Gasteiger partial charge in [0.1, 0.15) is 5.75 Å². The topological polar surface area (TPSA) is 69.2 Å². The van der Waals surface area contributed by atoms with Gasteiger partial charge in [-0.1, -0.05) is 35.3 Å². The number of halogens is 2. The van der Waals surface area contributed by atoms with Crippen molar-refractivity contribution in [1.82, 2.24) is 5.43 Å². The van der Waals surface area contributed by atoms with Crippen molar-refractivity contribution in [1.29, 1.82) is 0 Å². The van der Waals surface area contributed by atoms with E-state index < -0.39 is 5.91 Å². The number of ether oxygens (including phenoxy) is 3. The van der Waals surface area contributed by atoms with E-state index in [0.29, 0.717) is 27.3 Å². The van der Waals surface area contributed by atoms with Crippen LogP contribution in [0.4, 0.5) is 0 Å². The second-order valence-corrected chi connectivity index (χ2v) is 6.44. The Bertz CT molecular complexity index is 913. The van der Waals surface area contributed by atoms with Crippen LogP contribution in [0, 0.1) is 0 Å². The minimum absolute atomic E-state index is 0.218. The van der Waals surface area contributed by atoms with Crippen molar-refractivity contribution >= 4 is 40.9 Å². The Balaban J connectivity index is 1.50. The summed E-state index contributed by atoms with van der Waals surface area (Å²) in [5.41, 5.74) is 3.97. The molecule has 6 nitrogen and oxygen atoms in total. The molecule has 1 N–H and O–H groups in total. The number of hydrogen-bond donors (Lipinski definition) is 1. The van der Waals surface area contributed by atoms with Crippen molar-refractivity contribution in [3.05, 3.63) is 58.1 Å². The maximum Gasteiger partial charge on any atom is 0.277 e. The zero-order valence-corrected chi connectivity index (χ0v) is 15.9. The number of nitrogens with one attached hydrogen (secondary N) is 1. The van der Waals surface area contributed by atoms with Crippen molar-refractivity contribution in [2.45, 2.75) is 6.92 Å². The van der Waals surface area contributed by atoms with Crippen LogP contribution in [0.5, 0.6) is 17.2 Å². The quantitative estimate of drug-likeness (QED) is 0.573. The van der Waals surface area contributed by atoms with Crippen molar-refractivity contribution < 1.29 is 19.0 Å². The number of nitrogens with zero attached hydrogens (tertiary/aromatic N) is 1. The fourth-order valence-corrected chi connectivity index (χ4v) is 2.65. The maximum atomic E-state index is 11.8. The molecule has 0 fully saturated rings. The van der Waals surface area contributed by atoms with E-state index in [9.17, 15) is 4.79 Å². The van der Waals surface area contributed by atoms with E-state index in [-0.39, 0.29) is 13.4 Å². The SMILES string of the molecule is CC(/C=C/c1ccc2c(c1)OCO2)=N\NC(=O)COc1ccc(Cl)cc1Cl. The Kier molecular flexibility index (Phi) is 6.21. The number of carbonyl (C=O) groups excluding carboxylic acids is 1. The molecule has 0 saturated carbocycles. The van der Waals surface area contributed by atoms with Gasteiger partial charge in [-0.25, -0.2) is 5.43 Å². The average molecular weight is 407 g/mol. The molecule has 2 aromatic carbocycles. The monoisotopic (exact) mass is 406 g/mol. The van der Waals surface area contributed by atoms with Crippen LogP contribution in [-0.2, 0) is 4.79 Å². The Labute approximate surface area is 166 Å². The van der Waals surface area contributed by atoms with Crippen LogP contribution in [-0.4, -0.2) is 25.0 Å². The van der Waals surface area contributed by atoms with Crippen LogP contribution in [0.2, 0.25) is 10.0 Å². The molecule has 1 heterocycles. The normalized spacial score (nSPS) is 13.1. The van der Waals surface area contributed by atoms with Gasteiger partial charge in [-0.3, -0.25) is 4.79 Å². The summed E-state index contributed by atoms with van der Waals surface area (Å²) in [4.78, 5) is 11.8. The Hall–Kier alpha value is -2.70. The summed E-state index contributed by atoms with van der Waals surface area (Å²) in [5.74, 6) is 1.40. The lowest BCUT2D eigenvalue weighted by molar-refractivity contribution is -0.123. The maximum absolute atomic E-state index is 11.8. The van der Waals surface area contributed by atoms with Gasteiger partial charge in [-0.05, 0) is 48.9 Å². The molecule has 0 aliphatic carbocycles. The molecule has 0 atom stereocenters. The van der Waals surface area contributed by atoms with Gasteiger partial charge in [0.15, 0.2) is 18.1 Å². The highest BCUT2D eigenvalue weighted by molar-refractivity contribution is 6.35.